The molecule has 2 rings (SSSR count). The van der Waals surface area contributed by atoms with Gasteiger partial charge in [-0.2, -0.15) is 0 Å². The molecule has 2 aromatic rings. The van der Waals surface area contributed by atoms with E-state index in [0.717, 1.165) is 16.6 Å². The highest BCUT2D eigenvalue weighted by atomic mass is 79.9. The van der Waals surface area contributed by atoms with Gasteiger partial charge in [-0.1, -0.05) is 53.2 Å². The Morgan fingerprint density at radius 2 is 1.95 bits per heavy atom. The van der Waals surface area contributed by atoms with Crippen LogP contribution in [-0.2, 0) is 0 Å². The fourth-order valence-electron chi connectivity index (χ4n) is 2.27. The van der Waals surface area contributed by atoms with Gasteiger partial charge in [0.15, 0.2) is 5.11 Å². The second-order valence-corrected chi connectivity index (χ2v) is 6.25. The number of aryl methyl sites for hydroxylation is 1. The summed E-state index contributed by atoms with van der Waals surface area (Å²) in [7, 11) is 0. The average Bonchev–Trinajstić information content (AvgIpc) is 2.45. The highest BCUT2D eigenvalue weighted by Gasteiger charge is 2.12. The third-order valence-corrected chi connectivity index (χ3v) is 4.07. The fourth-order valence-corrected chi connectivity index (χ4v) is 2.93. The lowest BCUT2D eigenvalue weighted by Gasteiger charge is -2.21. The Balaban J connectivity index is 2.05. The van der Waals surface area contributed by atoms with Gasteiger partial charge in [-0.3, -0.25) is 0 Å². The van der Waals surface area contributed by atoms with E-state index in [9.17, 15) is 0 Å². The Labute approximate surface area is 140 Å². The first-order chi connectivity index (χ1) is 10.1. The number of rotatable bonds is 4. The molecule has 21 heavy (non-hydrogen) atoms. The summed E-state index contributed by atoms with van der Waals surface area (Å²) in [4.78, 5) is 0. The van der Waals surface area contributed by atoms with Crippen LogP contribution in [0.15, 0.2) is 53.0 Å². The Hall–Kier alpha value is -1.39. The molecular weight excluding hydrogens is 344 g/mol. The first-order valence-corrected chi connectivity index (χ1v) is 8.19. The van der Waals surface area contributed by atoms with Crippen molar-refractivity contribution in [3.8, 4) is 0 Å². The van der Waals surface area contributed by atoms with E-state index in [1.54, 1.807) is 0 Å². The molecular formula is C17H19BrN2S. The SMILES string of the molecule is CC[C@@H](NC(=S)Nc1cccc(Br)c1)c1ccccc1C. The molecule has 4 heteroatoms. The molecule has 0 saturated carbocycles. The van der Waals surface area contributed by atoms with Gasteiger partial charge < -0.3 is 10.6 Å². The maximum atomic E-state index is 5.43. The Morgan fingerprint density at radius 3 is 2.62 bits per heavy atom. The molecule has 0 fully saturated rings. The lowest BCUT2D eigenvalue weighted by molar-refractivity contribution is 0.625. The van der Waals surface area contributed by atoms with Gasteiger partial charge in [0.25, 0.3) is 0 Å². The average molecular weight is 363 g/mol. The van der Waals surface area contributed by atoms with E-state index < -0.39 is 0 Å². The largest absolute Gasteiger partial charge is 0.356 e. The van der Waals surface area contributed by atoms with Gasteiger partial charge in [0.1, 0.15) is 0 Å². The molecule has 0 radical (unpaired) electrons. The summed E-state index contributed by atoms with van der Waals surface area (Å²) in [5.74, 6) is 0. The van der Waals surface area contributed by atoms with Gasteiger partial charge in [0, 0.05) is 10.2 Å². The first kappa shape index (κ1) is 16.0. The van der Waals surface area contributed by atoms with Crippen LogP contribution in [0.3, 0.4) is 0 Å². The van der Waals surface area contributed by atoms with Crippen molar-refractivity contribution in [3.05, 3.63) is 64.1 Å². The molecule has 0 bridgehead atoms. The highest BCUT2D eigenvalue weighted by Crippen LogP contribution is 2.21. The van der Waals surface area contributed by atoms with Crippen LogP contribution in [-0.4, -0.2) is 5.11 Å². The number of hydrogen-bond donors (Lipinski definition) is 2. The lowest BCUT2D eigenvalue weighted by Crippen LogP contribution is -2.32. The predicted molar refractivity (Wildman–Crippen MR) is 97.7 cm³/mol. The van der Waals surface area contributed by atoms with Crippen molar-refractivity contribution in [3.63, 3.8) is 0 Å². The van der Waals surface area contributed by atoms with Gasteiger partial charge in [-0.25, -0.2) is 0 Å². The molecule has 0 aliphatic rings. The van der Waals surface area contributed by atoms with Crippen molar-refractivity contribution >= 4 is 38.9 Å². The number of thiocarbonyl (C=S) groups is 1. The molecule has 0 aromatic heterocycles. The van der Waals surface area contributed by atoms with Crippen molar-refractivity contribution < 1.29 is 0 Å². The van der Waals surface area contributed by atoms with Crippen molar-refractivity contribution in [1.29, 1.82) is 0 Å². The van der Waals surface area contributed by atoms with E-state index in [0.29, 0.717) is 5.11 Å². The summed E-state index contributed by atoms with van der Waals surface area (Å²) in [6, 6.07) is 16.6. The summed E-state index contributed by atoms with van der Waals surface area (Å²) >= 11 is 8.89. The van der Waals surface area contributed by atoms with Crippen LogP contribution >= 0.6 is 28.1 Å². The third-order valence-electron chi connectivity index (χ3n) is 3.36. The lowest BCUT2D eigenvalue weighted by atomic mass is 10.00. The van der Waals surface area contributed by atoms with Crippen molar-refractivity contribution in [2.45, 2.75) is 26.3 Å². The van der Waals surface area contributed by atoms with Crippen molar-refractivity contribution in [2.75, 3.05) is 5.32 Å². The smallest absolute Gasteiger partial charge is 0.171 e. The standard InChI is InChI=1S/C17H19BrN2S/c1-3-16(15-10-5-4-7-12(15)2)20-17(21)19-14-9-6-8-13(18)11-14/h4-11,16H,3H2,1-2H3,(H2,19,20,21)/t16-/m1/s1. The summed E-state index contributed by atoms with van der Waals surface area (Å²) < 4.78 is 1.03. The fraction of sp³-hybridized carbons (Fsp3) is 0.235. The molecule has 0 heterocycles. The summed E-state index contributed by atoms with van der Waals surface area (Å²) in [6.07, 6.45) is 0.977. The van der Waals surface area contributed by atoms with E-state index >= 15 is 0 Å². The van der Waals surface area contributed by atoms with E-state index in [4.69, 9.17) is 12.2 Å². The predicted octanol–water partition coefficient (Wildman–Crippen LogP) is 5.20. The van der Waals surface area contributed by atoms with Crippen LogP contribution < -0.4 is 10.6 Å². The molecule has 2 nitrogen and oxygen atoms in total. The Kier molecular flexibility index (Phi) is 5.76. The van der Waals surface area contributed by atoms with Gasteiger partial charge in [-0.05, 0) is 54.9 Å². The van der Waals surface area contributed by atoms with Gasteiger partial charge in [0.05, 0.1) is 6.04 Å². The minimum Gasteiger partial charge on any atom is -0.356 e. The molecule has 0 unspecified atom stereocenters. The van der Waals surface area contributed by atoms with Crippen LogP contribution in [0.1, 0.15) is 30.5 Å². The molecule has 0 aliphatic carbocycles. The maximum absolute atomic E-state index is 5.43. The number of anilines is 1. The molecule has 1 atom stereocenters. The minimum absolute atomic E-state index is 0.221. The number of benzene rings is 2. The van der Waals surface area contributed by atoms with Crippen LogP contribution in [0.4, 0.5) is 5.69 Å². The van der Waals surface area contributed by atoms with E-state index in [-0.39, 0.29) is 6.04 Å². The summed E-state index contributed by atoms with van der Waals surface area (Å²) in [6.45, 7) is 4.29. The zero-order valence-electron chi connectivity index (χ0n) is 12.2. The summed E-state index contributed by atoms with van der Waals surface area (Å²) in [5, 5.41) is 7.27. The first-order valence-electron chi connectivity index (χ1n) is 6.98. The normalized spacial score (nSPS) is 11.8. The Morgan fingerprint density at radius 1 is 1.19 bits per heavy atom. The molecule has 110 valence electrons. The van der Waals surface area contributed by atoms with Crippen molar-refractivity contribution in [1.82, 2.24) is 5.32 Å². The monoisotopic (exact) mass is 362 g/mol. The van der Waals surface area contributed by atoms with Gasteiger partial charge >= 0.3 is 0 Å². The van der Waals surface area contributed by atoms with Gasteiger partial charge in [0.2, 0.25) is 0 Å². The van der Waals surface area contributed by atoms with E-state index in [2.05, 4.69) is 64.7 Å². The molecule has 2 aromatic carbocycles. The second kappa shape index (κ2) is 7.57. The van der Waals surface area contributed by atoms with Crippen LogP contribution in [0.5, 0.6) is 0 Å². The molecule has 0 saturated heterocycles. The molecule has 0 amide bonds. The van der Waals surface area contributed by atoms with Gasteiger partial charge in [-0.15, -0.1) is 0 Å². The summed E-state index contributed by atoms with van der Waals surface area (Å²) in [5.41, 5.74) is 3.54. The number of hydrogen-bond acceptors (Lipinski definition) is 1. The second-order valence-electron chi connectivity index (χ2n) is 4.93. The zero-order chi connectivity index (χ0) is 15.2. The van der Waals surface area contributed by atoms with E-state index in [1.165, 1.54) is 11.1 Å². The highest BCUT2D eigenvalue weighted by molar-refractivity contribution is 9.10. The molecule has 0 spiro atoms. The van der Waals surface area contributed by atoms with Crippen LogP contribution in [0.25, 0.3) is 0 Å². The zero-order valence-corrected chi connectivity index (χ0v) is 14.6. The minimum atomic E-state index is 0.221. The molecule has 2 N–H and O–H groups in total. The number of halogens is 1. The third kappa shape index (κ3) is 4.55. The van der Waals surface area contributed by atoms with Crippen LogP contribution in [0.2, 0.25) is 0 Å². The van der Waals surface area contributed by atoms with Crippen LogP contribution in [0, 0.1) is 6.92 Å². The topological polar surface area (TPSA) is 24.1 Å². The molecule has 0 aliphatic heterocycles. The Bertz CT molecular complexity index is 628. The number of nitrogens with one attached hydrogen (secondary N) is 2. The van der Waals surface area contributed by atoms with Crippen molar-refractivity contribution in [2.24, 2.45) is 0 Å². The van der Waals surface area contributed by atoms with E-state index in [1.807, 2.05) is 24.3 Å². The maximum Gasteiger partial charge on any atom is 0.171 e. The quantitative estimate of drug-likeness (QED) is 0.731.